The predicted molar refractivity (Wildman–Crippen MR) is 183 cm³/mol. The number of piperazine rings is 1. The van der Waals surface area contributed by atoms with Crippen molar-refractivity contribution in [2.45, 2.75) is 37.3 Å². The van der Waals surface area contributed by atoms with Crippen molar-refractivity contribution < 1.29 is 8.42 Å². The van der Waals surface area contributed by atoms with Gasteiger partial charge >= 0.3 is 0 Å². The van der Waals surface area contributed by atoms with Crippen molar-refractivity contribution in [1.82, 2.24) is 14.1 Å². The molecule has 0 saturated carbocycles. The van der Waals surface area contributed by atoms with E-state index in [1.54, 1.807) is 31.9 Å². The summed E-state index contributed by atoms with van der Waals surface area (Å²) in [5.74, 6) is 0. The van der Waals surface area contributed by atoms with Gasteiger partial charge in [0.2, 0.25) is 10.0 Å². The summed E-state index contributed by atoms with van der Waals surface area (Å²) in [7, 11) is 1.85. The summed E-state index contributed by atoms with van der Waals surface area (Å²) in [6, 6.07) is 31.2. The van der Waals surface area contributed by atoms with Crippen LogP contribution < -0.4 is 0 Å². The molecule has 0 atom stereocenters. The third-order valence-electron chi connectivity index (χ3n) is 8.35. The number of sulfonamides is 1. The number of likely N-dealkylation sites (N-methyl/N-ethyl adjacent to an activating group) is 1. The van der Waals surface area contributed by atoms with E-state index in [-0.39, 0.29) is 0 Å². The van der Waals surface area contributed by atoms with Crippen molar-refractivity contribution in [2.24, 2.45) is 0 Å². The van der Waals surface area contributed by atoms with Gasteiger partial charge in [0.15, 0.2) is 0 Å². The Bertz CT molecular complexity index is 1690. The lowest BCUT2D eigenvalue weighted by molar-refractivity contribution is 0.156. The number of hydrogen-bond acceptors (Lipinski definition) is 6. The molecule has 44 heavy (non-hydrogen) atoms. The fourth-order valence-corrected chi connectivity index (χ4v) is 8.81. The second kappa shape index (κ2) is 13.6. The minimum absolute atomic E-state index is 0.344. The molecule has 0 N–H and O–H groups in total. The minimum atomic E-state index is -3.47. The van der Waals surface area contributed by atoms with Gasteiger partial charge in [0.25, 0.3) is 0 Å². The average Bonchev–Trinajstić information content (AvgIpc) is 3.04. The predicted octanol–water partition coefficient (Wildman–Crippen LogP) is 7.21. The van der Waals surface area contributed by atoms with Crippen molar-refractivity contribution in [2.75, 3.05) is 53.9 Å². The molecule has 3 aliphatic heterocycles. The van der Waals surface area contributed by atoms with Gasteiger partial charge in [-0.1, -0.05) is 84.2 Å². The summed E-state index contributed by atoms with van der Waals surface area (Å²) < 4.78 is 26.7. The molecular weight excluding hydrogens is 603 g/mol. The maximum absolute atomic E-state index is 12.7. The maximum Gasteiger partial charge on any atom is 0.242 e. The van der Waals surface area contributed by atoms with Crippen molar-refractivity contribution >= 4 is 39.1 Å². The van der Waals surface area contributed by atoms with Crippen molar-refractivity contribution in [1.29, 1.82) is 0 Å². The standard InChI is InChI=1S/C23H29N3O2S2.C13H10S/c1-24(2)30(27,28)18-10-11-23-21(17-18)19(20-7-4-5-9-22(20)29-23)8-6-12-26-15-13-25(3)14-16-26;1-3-7-12-10(5-1)9-11-6-2-4-8-13(11)14-12/h4-5,7-11,17H,6,12-16H2,1-3H3;1-8H,9H2/b19-8-;. The van der Waals surface area contributed by atoms with Crippen LogP contribution in [0.2, 0.25) is 0 Å². The van der Waals surface area contributed by atoms with Crippen LogP contribution in [0.25, 0.3) is 5.57 Å². The molecule has 3 aliphatic rings. The molecule has 228 valence electrons. The fraction of sp³-hybridized carbons (Fsp3) is 0.278. The molecule has 1 saturated heterocycles. The minimum Gasteiger partial charge on any atom is -0.304 e. The Balaban J connectivity index is 0.000000202. The van der Waals surface area contributed by atoms with Crippen molar-refractivity contribution in [3.63, 3.8) is 0 Å². The molecule has 1 fully saturated rings. The van der Waals surface area contributed by atoms with Gasteiger partial charge in [-0.05, 0) is 84.1 Å². The molecule has 0 amide bonds. The zero-order valence-electron chi connectivity index (χ0n) is 25.6. The number of rotatable bonds is 5. The second-order valence-electron chi connectivity index (χ2n) is 11.6. The van der Waals surface area contributed by atoms with E-state index in [4.69, 9.17) is 0 Å². The van der Waals surface area contributed by atoms with Crippen molar-refractivity contribution in [3.8, 4) is 0 Å². The number of benzene rings is 4. The highest BCUT2D eigenvalue weighted by Crippen LogP contribution is 2.46. The van der Waals surface area contributed by atoms with E-state index >= 15 is 0 Å². The SMILES string of the molecule is CN1CCN(CC/C=C2/c3ccccc3Sc3ccc(S(=O)(=O)N(C)C)cc32)CC1.c1ccc2c(c1)Cc1ccccc1S2. The van der Waals surface area contributed by atoms with E-state index in [1.165, 1.54) is 35.7 Å². The molecule has 3 heterocycles. The van der Waals surface area contributed by atoms with Crippen LogP contribution in [-0.2, 0) is 16.4 Å². The number of hydrogen-bond donors (Lipinski definition) is 0. The fourth-order valence-electron chi connectivity index (χ4n) is 5.73. The molecule has 0 radical (unpaired) electrons. The lowest BCUT2D eigenvalue weighted by atomic mass is 9.96. The van der Waals surface area contributed by atoms with Crippen LogP contribution in [0.4, 0.5) is 0 Å². The van der Waals surface area contributed by atoms with Gasteiger partial charge in [0.05, 0.1) is 4.90 Å². The molecule has 4 aromatic rings. The van der Waals surface area contributed by atoms with E-state index in [0.29, 0.717) is 4.90 Å². The summed E-state index contributed by atoms with van der Waals surface area (Å²) in [4.78, 5) is 10.4. The summed E-state index contributed by atoms with van der Waals surface area (Å²) in [5, 5.41) is 0. The first-order valence-electron chi connectivity index (χ1n) is 15.1. The Morgan fingerprint density at radius 1 is 0.727 bits per heavy atom. The summed E-state index contributed by atoms with van der Waals surface area (Å²) in [5.41, 5.74) is 6.25. The van der Waals surface area contributed by atoms with Gasteiger partial charge in [-0.15, -0.1) is 0 Å². The highest BCUT2D eigenvalue weighted by atomic mass is 32.2. The van der Waals surface area contributed by atoms with Crippen LogP contribution >= 0.6 is 23.5 Å². The van der Waals surface area contributed by atoms with Gasteiger partial charge < -0.3 is 9.80 Å². The first kappa shape index (κ1) is 31.1. The average molecular weight is 642 g/mol. The van der Waals surface area contributed by atoms with Crippen molar-refractivity contribution in [3.05, 3.63) is 119 Å². The van der Waals surface area contributed by atoms with Gasteiger partial charge in [0.1, 0.15) is 0 Å². The van der Waals surface area contributed by atoms with Crippen LogP contribution in [0.3, 0.4) is 0 Å². The Morgan fingerprint density at radius 3 is 1.95 bits per heavy atom. The topological polar surface area (TPSA) is 43.9 Å². The molecule has 0 unspecified atom stereocenters. The molecule has 7 rings (SSSR count). The van der Waals surface area contributed by atoms with E-state index in [1.807, 2.05) is 23.9 Å². The third kappa shape index (κ3) is 6.86. The van der Waals surface area contributed by atoms with E-state index in [2.05, 4.69) is 95.7 Å². The van der Waals surface area contributed by atoms with E-state index < -0.39 is 10.0 Å². The van der Waals surface area contributed by atoms with Gasteiger partial charge in [-0.2, -0.15) is 0 Å². The quantitative estimate of drug-likeness (QED) is 0.198. The Hall–Kier alpha value is -2.85. The zero-order valence-corrected chi connectivity index (χ0v) is 28.0. The largest absolute Gasteiger partial charge is 0.304 e. The Labute approximate surface area is 271 Å². The Kier molecular flexibility index (Phi) is 9.66. The lowest BCUT2D eigenvalue weighted by Gasteiger charge is -2.32. The van der Waals surface area contributed by atoms with Crippen LogP contribution in [0.5, 0.6) is 0 Å². The lowest BCUT2D eigenvalue weighted by Crippen LogP contribution is -2.44. The van der Waals surface area contributed by atoms with Crippen LogP contribution in [0, 0.1) is 0 Å². The first-order valence-corrected chi connectivity index (χ1v) is 18.2. The molecule has 5 nitrogen and oxygen atoms in total. The number of fused-ring (bicyclic) bond motifs is 4. The second-order valence-corrected chi connectivity index (χ2v) is 15.9. The van der Waals surface area contributed by atoms with Gasteiger partial charge in [-0.25, -0.2) is 12.7 Å². The Morgan fingerprint density at radius 2 is 1.30 bits per heavy atom. The normalized spacial score (nSPS) is 17.2. The van der Waals surface area contributed by atoms with Gasteiger partial charge in [-0.3, -0.25) is 0 Å². The first-order chi connectivity index (χ1) is 21.3. The molecule has 0 bridgehead atoms. The smallest absolute Gasteiger partial charge is 0.242 e. The molecule has 0 aromatic heterocycles. The van der Waals surface area contributed by atoms with E-state index in [0.717, 1.165) is 61.6 Å². The summed E-state index contributed by atoms with van der Waals surface area (Å²) >= 11 is 3.59. The van der Waals surface area contributed by atoms with Crippen LogP contribution in [-0.4, -0.2) is 76.4 Å². The van der Waals surface area contributed by atoms with E-state index in [9.17, 15) is 8.42 Å². The zero-order chi connectivity index (χ0) is 30.7. The molecule has 0 aliphatic carbocycles. The highest BCUT2D eigenvalue weighted by molar-refractivity contribution is 7.99. The number of nitrogens with zero attached hydrogens (tertiary/aromatic N) is 3. The highest BCUT2D eigenvalue weighted by Gasteiger charge is 2.25. The molecule has 0 spiro atoms. The van der Waals surface area contributed by atoms with Crippen LogP contribution in [0.15, 0.2) is 122 Å². The van der Waals surface area contributed by atoms with Crippen LogP contribution in [0.1, 0.15) is 28.7 Å². The summed E-state index contributed by atoms with van der Waals surface area (Å²) in [6.45, 7) is 5.47. The third-order valence-corrected chi connectivity index (χ3v) is 12.6. The maximum atomic E-state index is 12.7. The molecule has 8 heteroatoms. The molecule has 4 aromatic carbocycles. The molecular formula is C36H39N3O2S3. The monoisotopic (exact) mass is 641 g/mol. The summed E-state index contributed by atoms with van der Waals surface area (Å²) in [6.07, 6.45) is 4.32. The van der Waals surface area contributed by atoms with Gasteiger partial charge in [0, 0.05) is 66.4 Å².